The largest absolute Gasteiger partial charge is 0.325 e. The number of nitrogens with zero attached hydrogens (tertiary/aromatic N) is 2. The number of hydrogen-bond acceptors (Lipinski definition) is 3. The van der Waals surface area contributed by atoms with Crippen LogP contribution in [0, 0.1) is 0 Å². The summed E-state index contributed by atoms with van der Waals surface area (Å²) in [5.41, 5.74) is 0.116. The first-order valence-electron chi connectivity index (χ1n) is 8.05. The van der Waals surface area contributed by atoms with Gasteiger partial charge in [0.15, 0.2) is 0 Å². The Hall–Kier alpha value is -2.67. The van der Waals surface area contributed by atoms with Gasteiger partial charge in [-0.05, 0) is 25.1 Å². The van der Waals surface area contributed by atoms with Gasteiger partial charge >= 0.3 is 6.03 Å². The van der Waals surface area contributed by atoms with Crippen LogP contribution >= 0.6 is 15.9 Å². The molecule has 0 aromatic heterocycles. The van der Waals surface area contributed by atoms with E-state index in [2.05, 4.69) is 21.2 Å². The summed E-state index contributed by atoms with van der Waals surface area (Å²) in [6.07, 6.45) is 0. The lowest BCUT2D eigenvalue weighted by molar-refractivity contribution is -0.134. The Bertz CT molecular complexity index is 871. The van der Waals surface area contributed by atoms with Crippen molar-refractivity contribution in [2.24, 2.45) is 0 Å². The SMILES string of the molecule is CN(C(=O)CN1C(=O)NC(C)(c2ccccc2Br)C1=O)c1ccccc1. The molecule has 0 bridgehead atoms. The summed E-state index contributed by atoms with van der Waals surface area (Å²) >= 11 is 3.42. The van der Waals surface area contributed by atoms with Crippen LogP contribution in [0.2, 0.25) is 0 Å². The molecule has 3 rings (SSSR count). The molecular formula is C19H18BrN3O3. The van der Waals surface area contributed by atoms with E-state index in [9.17, 15) is 14.4 Å². The molecule has 1 unspecified atom stereocenters. The molecule has 1 heterocycles. The van der Waals surface area contributed by atoms with E-state index in [1.54, 1.807) is 44.3 Å². The van der Waals surface area contributed by atoms with Gasteiger partial charge in [0.05, 0.1) is 0 Å². The molecule has 1 N–H and O–H groups in total. The summed E-state index contributed by atoms with van der Waals surface area (Å²) in [7, 11) is 1.61. The minimum atomic E-state index is -1.22. The summed E-state index contributed by atoms with van der Waals surface area (Å²) < 4.78 is 0.714. The smallest absolute Gasteiger partial charge is 0.319 e. The molecule has 2 aromatic rings. The zero-order valence-corrected chi connectivity index (χ0v) is 16.0. The van der Waals surface area contributed by atoms with Crippen LogP contribution in [-0.4, -0.2) is 36.3 Å². The Balaban J connectivity index is 1.82. The fourth-order valence-electron chi connectivity index (χ4n) is 2.93. The molecule has 134 valence electrons. The first-order chi connectivity index (χ1) is 12.3. The van der Waals surface area contributed by atoms with Crippen molar-refractivity contribution >= 4 is 39.5 Å². The number of halogens is 1. The third-order valence-corrected chi connectivity index (χ3v) is 5.19. The maximum atomic E-state index is 12.9. The number of carbonyl (C=O) groups excluding carboxylic acids is 3. The number of carbonyl (C=O) groups is 3. The average Bonchev–Trinajstić information content (AvgIpc) is 2.86. The highest BCUT2D eigenvalue weighted by Crippen LogP contribution is 2.33. The van der Waals surface area contributed by atoms with Gasteiger partial charge in [0.2, 0.25) is 5.91 Å². The fourth-order valence-corrected chi connectivity index (χ4v) is 3.61. The van der Waals surface area contributed by atoms with Gasteiger partial charge in [0.1, 0.15) is 12.1 Å². The van der Waals surface area contributed by atoms with Crippen LogP contribution in [0.4, 0.5) is 10.5 Å². The second kappa shape index (κ2) is 6.92. The summed E-state index contributed by atoms with van der Waals surface area (Å²) in [5.74, 6) is -0.805. The number of urea groups is 1. The molecule has 0 saturated carbocycles. The second-order valence-corrected chi connectivity index (χ2v) is 7.07. The summed E-state index contributed by atoms with van der Waals surface area (Å²) in [5, 5.41) is 2.71. The minimum Gasteiger partial charge on any atom is -0.319 e. The highest BCUT2D eigenvalue weighted by atomic mass is 79.9. The van der Waals surface area contributed by atoms with Gasteiger partial charge in [-0.25, -0.2) is 4.79 Å². The number of para-hydroxylation sites is 1. The van der Waals surface area contributed by atoms with E-state index >= 15 is 0 Å². The molecule has 2 aromatic carbocycles. The van der Waals surface area contributed by atoms with Crippen LogP contribution in [0.1, 0.15) is 12.5 Å². The first kappa shape index (κ1) is 18.1. The number of rotatable bonds is 4. The van der Waals surface area contributed by atoms with Gasteiger partial charge in [0, 0.05) is 22.8 Å². The lowest BCUT2D eigenvalue weighted by Gasteiger charge is -2.24. The van der Waals surface area contributed by atoms with Crippen molar-refractivity contribution in [3.63, 3.8) is 0 Å². The molecule has 4 amide bonds. The molecule has 1 saturated heterocycles. The molecule has 0 radical (unpaired) electrons. The normalized spacial score (nSPS) is 19.4. The van der Waals surface area contributed by atoms with Crippen molar-refractivity contribution in [3.8, 4) is 0 Å². The fraction of sp³-hybridized carbons (Fsp3) is 0.211. The molecule has 1 aliphatic rings. The lowest BCUT2D eigenvalue weighted by atomic mass is 9.92. The van der Waals surface area contributed by atoms with Crippen LogP contribution in [-0.2, 0) is 15.1 Å². The quantitative estimate of drug-likeness (QED) is 0.780. The van der Waals surface area contributed by atoms with Crippen LogP contribution < -0.4 is 10.2 Å². The van der Waals surface area contributed by atoms with E-state index in [0.29, 0.717) is 15.7 Å². The second-order valence-electron chi connectivity index (χ2n) is 6.21. The van der Waals surface area contributed by atoms with Crippen molar-refractivity contribution in [1.82, 2.24) is 10.2 Å². The topological polar surface area (TPSA) is 69.7 Å². The molecule has 1 aliphatic heterocycles. The summed E-state index contributed by atoms with van der Waals surface area (Å²) in [4.78, 5) is 40.3. The zero-order chi connectivity index (χ0) is 18.9. The van der Waals surface area contributed by atoms with Crippen LogP contribution in [0.25, 0.3) is 0 Å². The molecule has 1 fully saturated rings. The highest BCUT2D eigenvalue weighted by molar-refractivity contribution is 9.10. The van der Waals surface area contributed by atoms with E-state index in [1.807, 2.05) is 24.3 Å². The van der Waals surface area contributed by atoms with E-state index in [1.165, 1.54) is 4.90 Å². The number of benzene rings is 2. The van der Waals surface area contributed by atoms with E-state index in [0.717, 1.165) is 4.90 Å². The van der Waals surface area contributed by atoms with Crippen LogP contribution in [0.5, 0.6) is 0 Å². The van der Waals surface area contributed by atoms with Crippen LogP contribution in [0.3, 0.4) is 0 Å². The predicted molar refractivity (Wildman–Crippen MR) is 102 cm³/mol. The number of nitrogens with one attached hydrogen (secondary N) is 1. The summed E-state index contributed by atoms with van der Waals surface area (Å²) in [6, 6.07) is 15.7. The molecular weight excluding hydrogens is 398 g/mol. The maximum Gasteiger partial charge on any atom is 0.325 e. The Morgan fingerprint density at radius 1 is 1.12 bits per heavy atom. The van der Waals surface area contributed by atoms with Crippen molar-refractivity contribution in [2.45, 2.75) is 12.5 Å². The number of anilines is 1. The molecule has 6 nitrogen and oxygen atoms in total. The van der Waals surface area contributed by atoms with Crippen molar-refractivity contribution in [1.29, 1.82) is 0 Å². The molecule has 7 heteroatoms. The van der Waals surface area contributed by atoms with E-state index < -0.39 is 17.5 Å². The number of likely N-dealkylation sites (N-methyl/N-ethyl adjacent to an activating group) is 1. The van der Waals surface area contributed by atoms with Gasteiger partial charge in [-0.15, -0.1) is 0 Å². The first-order valence-corrected chi connectivity index (χ1v) is 8.84. The van der Waals surface area contributed by atoms with Crippen molar-refractivity contribution < 1.29 is 14.4 Å². The number of amides is 4. The zero-order valence-electron chi connectivity index (χ0n) is 14.4. The Morgan fingerprint density at radius 2 is 1.73 bits per heavy atom. The van der Waals surface area contributed by atoms with E-state index in [-0.39, 0.29) is 12.5 Å². The van der Waals surface area contributed by atoms with Gasteiger partial charge in [0.25, 0.3) is 5.91 Å². The van der Waals surface area contributed by atoms with E-state index in [4.69, 9.17) is 0 Å². The number of imide groups is 1. The van der Waals surface area contributed by atoms with Gasteiger partial charge < -0.3 is 10.2 Å². The Labute approximate surface area is 159 Å². The highest BCUT2D eigenvalue weighted by Gasteiger charge is 2.50. The summed E-state index contributed by atoms with van der Waals surface area (Å²) in [6.45, 7) is 1.31. The molecule has 0 aliphatic carbocycles. The average molecular weight is 416 g/mol. The molecule has 0 spiro atoms. The molecule has 26 heavy (non-hydrogen) atoms. The third-order valence-electron chi connectivity index (χ3n) is 4.50. The monoisotopic (exact) mass is 415 g/mol. The minimum absolute atomic E-state index is 0.323. The molecule has 1 atom stereocenters. The predicted octanol–water partition coefficient (Wildman–Crippen LogP) is 2.88. The van der Waals surface area contributed by atoms with Crippen LogP contribution in [0.15, 0.2) is 59.1 Å². The van der Waals surface area contributed by atoms with Gasteiger partial charge in [-0.3, -0.25) is 14.5 Å². The van der Waals surface area contributed by atoms with Gasteiger partial charge in [-0.2, -0.15) is 0 Å². The van der Waals surface area contributed by atoms with Crippen molar-refractivity contribution in [3.05, 3.63) is 64.6 Å². The lowest BCUT2D eigenvalue weighted by Crippen LogP contribution is -2.43. The standard InChI is InChI=1S/C19H18BrN3O3/c1-19(14-10-6-7-11-15(14)20)17(25)23(18(26)21-19)12-16(24)22(2)13-8-4-3-5-9-13/h3-11H,12H2,1-2H3,(H,21,26). The van der Waals surface area contributed by atoms with Crippen molar-refractivity contribution in [2.75, 3.05) is 18.5 Å². The third kappa shape index (κ3) is 3.10. The Kier molecular flexibility index (Phi) is 4.82. The Morgan fingerprint density at radius 3 is 2.38 bits per heavy atom. The number of hydrogen-bond donors (Lipinski definition) is 1. The maximum absolute atomic E-state index is 12.9. The van der Waals surface area contributed by atoms with Gasteiger partial charge in [-0.1, -0.05) is 52.3 Å².